The van der Waals surface area contributed by atoms with E-state index in [1.165, 1.54) is 48.5 Å². The normalized spacial score (nSPS) is 10.4. The summed E-state index contributed by atoms with van der Waals surface area (Å²) in [6.45, 7) is 3.59. The number of benzene rings is 3. The van der Waals surface area contributed by atoms with Crippen molar-refractivity contribution in [3.63, 3.8) is 0 Å². The molecule has 0 heterocycles. The minimum atomic E-state index is -3.90. The lowest BCUT2D eigenvalue weighted by Gasteiger charge is -2.07. The standard InChI is InChI=1S/C12H10O4S.C9H9NO/c13-9-5-1-3-7-11(9)17(15,16)12-8-4-2-6-10(12)14;1-2-7-3-5-8(6-4-7)9(10)11/h1-8,13-14H;2-6H,1H2,(H2,10,11). The predicted octanol–water partition coefficient (Wildman–Crippen LogP) is 3.36. The monoisotopic (exact) mass is 397 g/mol. The summed E-state index contributed by atoms with van der Waals surface area (Å²) in [4.78, 5) is 10.2. The molecule has 7 heteroatoms. The molecular formula is C21H19NO5S. The van der Waals surface area contributed by atoms with Crippen molar-refractivity contribution in [1.82, 2.24) is 0 Å². The van der Waals surface area contributed by atoms with E-state index in [-0.39, 0.29) is 21.3 Å². The Balaban J connectivity index is 0.000000221. The zero-order chi connectivity index (χ0) is 20.7. The van der Waals surface area contributed by atoms with Crippen LogP contribution in [0.4, 0.5) is 0 Å². The van der Waals surface area contributed by atoms with Crippen molar-refractivity contribution in [2.75, 3.05) is 0 Å². The Kier molecular flexibility index (Phi) is 6.57. The van der Waals surface area contributed by atoms with Gasteiger partial charge < -0.3 is 15.9 Å². The second-order valence-electron chi connectivity index (χ2n) is 5.63. The fourth-order valence-electron chi connectivity index (χ4n) is 2.27. The molecule has 0 saturated heterocycles. The SMILES string of the molecule is C=Cc1ccc(C(N)=O)cc1.O=S(=O)(c1ccccc1O)c1ccccc1O. The van der Waals surface area contributed by atoms with E-state index in [4.69, 9.17) is 5.73 Å². The molecule has 6 nitrogen and oxygen atoms in total. The van der Waals surface area contributed by atoms with E-state index in [1.807, 2.05) is 0 Å². The van der Waals surface area contributed by atoms with E-state index in [1.54, 1.807) is 30.3 Å². The van der Waals surface area contributed by atoms with Gasteiger partial charge in [-0.1, -0.05) is 49.1 Å². The molecule has 3 rings (SSSR count). The number of nitrogens with two attached hydrogens (primary N) is 1. The molecular weight excluding hydrogens is 378 g/mol. The molecule has 0 unspecified atom stereocenters. The number of carbonyl (C=O) groups is 1. The van der Waals surface area contributed by atoms with Gasteiger partial charge in [-0.25, -0.2) is 8.42 Å². The summed E-state index contributed by atoms with van der Waals surface area (Å²) in [5, 5.41) is 19.1. The molecule has 0 aliphatic carbocycles. The van der Waals surface area contributed by atoms with Crippen LogP contribution >= 0.6 is 0 Å². The van der Waals surface area contributed by atoms with Crippen LogP contribution in [-0.2, 0) is 9.84 Å². The molecule has 0 saturated carbocycles. The summed E-state index contributed by atoms with van der Waals surface area (Å²) in [6, 6.07) is 18.2. The third-order valence-electron chi connectivity index (χ3n) is 3.74. The maximum absolute atomic E-state index is 12.2. The molecule has 0 aliphatic rings. The summed E-state index contributed by atoms with van der Waals surface area (Å²) >= 11 is 0. The van der Waals surface area contributed by atoms with Gasteiger partial charge in [-0.3, -0.25) is 4.79 Å². The Labute approximate surface area is 163 Å². The van der Waals surface area contributed by atoms with Gasteiger partial charge in [0.1, 0.15) is 21.3 Å². The van der Waals surface area contributed by atoms with Crippen LogP contribution < -0.4 is 5.73 Å². The molecule has 0 aliphatic heterocycles. The van der Waals surface area contributed by atoms with Crippen molar-refractivity contribution in [3.05, 3.63) is 90.5 Å². The van der Waals surface area contributed by atoms with Gasteiger partial charge in [0.2, 0.25) is 15.7 Å². The van der Waals surface area contributed by atoms with E-state index >= 15 is 0 Å². The maximum atomic E-state index is 12.2. The van der Waals surface area contributed by atoms with Crippen LogP contribution in [0.1, 0.15) is 15.9 Å². The first-order chi connectivity index (χ1) is 13.3. The lowest BCUT2D eigenvalue weighted by atomic mass is 10.1. The van der Waals surface area contributed by atoms with Crippen molar-refractivity contribution >= 4 is 21.8 Å². The van der Waals surface area contributed by atoms with Gasteiger partial charge in [0.05, 0.1) is 0 Å². The molecule has 4 N–H and O–H groups in total. The highest BCUT2D eigenvalue weighted by molar-refractivity contribution is 7.91. The molecule has 0 fully saturated rings. The lowest BCUT2D eigenvalue weighted by Crippen LogP contribution is -2.10. The average molecular weight is 397 g/mol. The first-order valence-corrected chi connectivity index (χ1v) is 9.59. The van der Waals surface area contributed by atoms with Crippen molar-refractivity contribution in [2.24, 2.45) is 5.73 Å². The number of rotatable bonds is 4. The van der Waals surface area contributed by atoms with Crippen LogP contribution in [0.2, 0.25) is 0 Å². The first kappa shape index (κ1) is 20.7. The molecule has 0 spiro atoms. The number of phenols is 2. The molecule has 3 aromatic carbocycles. The molecule has 0 atom stereocenters. The van der Waals surface area contributed by atoms with Crippen LogP contribution in [0.3, 0.4) is 0 Å². The Hall–Kier alpha value is -3.58. The number of hydrogen-bond acceptors (Lipinski definition) is 5. The number of amides is 1. The van der Waals surface area contributed by atoms with E-state index in [2.05, 4.69) is 6.58 Å². The number of primary amides is 1. The van der Waals surface area contributed by atoms with Crippen molar-refractivity contribution in [3.8, 4) is 11.5 Å². The largest absolute Gasteiger partial charge is 0.507 e. The maximum Gasteiger partial charge on any atom is 0.248 e. The summed E-state index contributed by atoms with van der Waals surface area (Å²) in [5.74, 6) is -1.08. The Morgan fingerprint density at radius 1 is 0.821 bits per heavy atom. The van der Waals surface area contributed by atoms with Crippen LogP contribution in [-0.4, -0.2) is 24.5 Å². The number of carbonyl (C=O) groups excluding carboxylic acids is 1. The topological polar surface area (TPSA) is 118 Å². The number of para-hydroxylation sites is 2. The van der Waals surface area contributed by atoms with Gasteiger partial charge in [-0.15, -0.1) is 0 Å². The highest BCUT2D eigenvalue weighted by atomic mass is 32.2. The Morgan fingerprint density at radius 2 is 1.25 bits per heavy atom. The van der Waals surface area contributed by atoms with Crippen molar-refractivity contribution < 1.29 is 23.4 Å². The predicted molar refractivity (Wildman–Crippen MR) is 107 cm³/mol. The van der Waals surface area contributed by atoms with Gasteiger partial charge in [-0.2, -0.15) is 0 Å². The van der Waals surface area contributed by atoms with Gasteiger partial charge in [-0.05, 0) is 42.0 Å². The zero-order valence-corrected chi connectivity index (χ0v) is 15.6. The van der Waals surface area contributed by atoms with Crippen LogP contribution in [0, 0.1) is 0 Å². The summed E-state index contributed by atoms with van der Waals surface area (Å²) in [5.41, 5.74) is 6.55. The zero-order valence-electron chi connectivity index (χ0n) is 14.8. The fourth-order valence-corrected chi connectivity index (χ4v) is 3.71. The number of sulfone groups is 1. The average Bonchev–Trinajstić information content (AvgIpc) is 2.69. The molecule has 0 aromatic heterocycles. The second-order valence-corrected chi connectivity index (χ2v) is 7.52. The van der Waals surface area contributed by atoms with E-state index in [0.29, 0.717) is 5.56 Å². The second kappa shape index (κ2) is 8.88. The Bertz CT molecular complexity index is 1040. The summed E-state index contributed by atoms with van der Waals surface area (Å²) in [7, 11) is -3.90. The highest BCUT2D eigenvalue weighted by Gasteiger charge is 2.23. The van der Waals surface area contributed by atoms with Gasteiger partial charge in [0.25, 0.3) is 0 Å². The number of phenolic OH excluding ortho intramolecular Hbond substituents is 2. The minimum absolute atomic E-state index is 0.221. The quantitative estimate of drug-likeness (QED) is 0.624. The first-order valence-electron chi connectivity index (χ1n) is 8.10. The van der Waals surface area contributed by atoms with Gasteiger partial charge in [0, 0.05) is 5.56 Å². The molecule has 3 aromatic rings. The smallest absolute Gasteiger partial charge is 0.248 e. The van der Waals surface area contributed by atoms with Crippen LogP contribution in [0.15, 0.2) is 89.2 Å². The van der Waals surface area contributed by atoms with Crippen molar-refractivity contribution in [1.29, 1.82) is 0 Å². The van der Waals surface area contributed by atoms with Gasteiger partial charge >= 0.3 is 0 Å². The fraction of sp³-hybridized carbons (Fsp3) is 0. The van der Waals surface area contributed by atoms with E-state index < -0.39 is 15.7 Å². The molecule has 0 radical (unpaired) electrons. The molecule has 144 valence electrons. The highest BCUT2D eigenvalue weighted by Crippen LogP contribution is 2.32. The Morgan fingerprint density at radius 3 is 1.61 bits per heavy atom. The molecule has 1 amide bonds. The number of hydrogen-bond donors (Lipinski definition) is 3. The summed E-state index contributed by atoms with van der Waals surface area (Å²) < 4.78 is 24.3. The number of aromatic hydroxyl groups is 2. The third-order valence-corrected chi connectivity index (χ3v) is 5.59. The van der Waals surface area contributed by atoms with E-state index in [0.717, 1.165) is 5.56 Å². The molecule has 0 bridgehead atoms. The van der Waals surface area contributed by atoms with E-state index in [9.17, 15) is 23.4 Å². The van der Waals surface area contributed by atoms with Crippen LogP contribution in [0.25, 0.3) is 6.08 Å². The summed E-state index contributed by atoms with van der Waals surface area (Å²) in [6.07, 6.45) is 1.71. The van der Waals surface area contributed by atoms with Gasteiger partial charge in [0.15, 0.2) is 0 Å². The third kappa shape index (κ3) is 4.77. The molecule has 28 heavy (non-hydrogen) atoms. The van der Waals surface area contributed by atoms with Crippen molar-refractivity contribution in [2.45, 2.75) is 9.79 Å². The lowest BCUT2D eigenvalue weighted by molar-refractivity contribution is 0.1000. The van der Waals surface area contributed by atoms with Crippen LogP contribution in [0.5, 0.6) is 11.5 Å². The minimum Gasteiger partial charge on any atom is -0.507 e.